The summed E-state index contributed by atoms with van der Waals surface area (Å²) < 4.78 is 19.6. The normalized spacial score (nSPS) is 11.9. The number of hydrogen-bond donors (Lipinski definition) is 1. The van der Waals surface area contributed by atoms with Crippen molar-refractivity contribution in [1.29, 1.82) is 0 Å². The van der Waals surface area contributed by atoms with E-state index in [-0.39, 0.29) is 6.29 Å². The van der Waals surface area contributed by atoms with Gasteiger partial charge in [0, 0.05) is 14.2 Å². The Bertz CT molecular complexity index is 108. The van der Waals surface area contributed by atoms with E-state index in [1.165, 1.54) is 19.7 Å². The predicted octanol–water partition coefficient (Wildman–Crippen LogP) is 0.517. The second kappa shape index (κ2) is 3.98. The maximum absolute atomic E-state index is 10.8. The highest BCUT2D eigenvalue weighted by Gasteiger charge is 2.17. The Labute approximate surface area is 53.5 Å². The summed E-state index contributed by atoms with van der Waals surface area (Å²) in [5.41, 5.74) is 1.45. The van der Waals surface area contributed by atoms with E-state index in [0.717, 1.165) is 0 Å². The van der Waals surface area contributed by atoms with Crippen LogP contribution in [-0.4, -0.2) is 20.5 Å². The summed E-state index contributed by atoms with van der Waals surface area (Å²) in [5, 5.41) is 9.68. The first kappa shape index (κ1) is 9.07. The molecule has 0 rings (SSSR count). The highest BCUT2D eigenvalue weighted by Crippen LogP contribution is 2.44. The molecule has 56 valence electrons. The Morgan fingerprint density at radius 3 is 2.11 bits per heavy atom. The van der Waals surface area contributed by atoms with E-state index < -0.39 is 7.60 Å². The van der Waals surface area contributed by atoms with E-state index in [4.69, 9.17) is 0 Å². The lowest BCUT2D eigenvalue weighted by Crippen LogP contribution is -2.08. The molecule has 0 unspecified atom stereocenters. The Morgan fingerprint density at radius 2 is 2.00 bits per heavy atom. The van der Waals surface area contributed by atoms with Crippen LogP contribution in [0.25, 0.3) is 0 Å². The molecule has 0 aromatic carbocycles. The van der Waals surface area contributed by atoms with Gasteiger partial charge < -0.3 is 19.7 Å². The zero-order chi connectivity index (χ0) is 7.33. The van der Waals surface area contributed by atoms with Crippen molar-refractivity contribution in [1.82, 2.24) is 5.48 Å². The molecule has 0 bridgehead atoms. The molecule has 0 spiro atoms. The molecule has 0 radical (unpaired) electrons. The number of nitrogens with one attached hydrogen (secondary N) is 1. The summed E-state index contributed by atoms with van der Waals surface area (Å²) >= 11 is 0. The molecule has 6 heteroatoms. The third-order valence-corrected chi connectivity index (χ3v) is 2.44. The fraction of sp³-hybridized carbons (Fsp3) is 1.00. The van der Waals surface area contributed by atoms with Crippen molar-refractivity contribution in [2.45, 2.75) is 0 Å². The maximum atomic E-state index is 10.8. The van der Waals surface area contributed by atoms with Gasteiger partial charge in [-0.25, -0.2) is 0 Å². The summed E-state index contributed by atoms with van der Waals surface area (Å²) in [6, 6.07) is 0. The Morgan fingerprint density at radius 1 is 1.56 bits per heavy atom. The van der Waals surface area contributed by atoms with Gasteiger partial charge in [0.15, 0.2) is 0 Å². The fourth-order valence-electron chi connectivity index (χ4n) is 0.283. The lowest BCUT2D eigenvalue weighted by Gasteiger charge is -2.15. The van der Waals surface area contributed by atoms with Crippen molar-refractivity contribution in [3.05, 3.63) is 5.21 Å². The lowest BCUT2D eigenvalue weighted by atomic mass is 11.5. The topological polar surface area (TPSA) is 70.6 Å². The minimum atomic E-state index is -3.10. The second-order valence-electron chi connectivity index (χ2n) is 1.28. The standard InChI is InChI=1S/C3H9NO4P/c1-7-9(6,8-2)3-4-5/h4H,3H2,1-2H3/q-1. The van der Waals surface area contributed by atoms with Crippen LogP contribution in [0.5, 0.6) is 0 Å². The van der Waals surface area contributed by atoms with Crippen LogP contribution in [-0.2, 0) is 13.6 Å². The molecule has 0 aromatic heterocycles. The molecule has 0 atom stereocenters. The predicted molar refractivity (Wildman–Crippen MR) is 33.0 cm³/mol. The van der Waals surface area contributed by atoms with E-state index in [1.54, 1.807) is 0 Å². The van der Waals surface area contributed by atoms with Crippen molar-refractivity contribution in [2.75, 3.05) is 20.5 Å². The van der Waals surface area contributed by atoms with Crippen LogP contribution < -0.4 is 5.48 Å². The van der Waals surface area contributed by atoms with Crippen molar-refractivity contribution in [3.8, 4) is 0 Å². The Kier molecular flexibility index (Phi) is 4.01. The molecule has 0 heterocycles. The van der Waals surface area contributed by atoms with E-state index in [1.807, 2.05) is 0 Å². The van der Waals surface area contributed by atoms with Gasteiger partial charge in [-0.2, -0.15) is 0 Å². The molecule has 9 heavy (non-hydrogen) atoms. The molecule has 1 N–H and O–H groups in total. The Hall–Kier alpha value is 0.0700. The molecule has 5 nitrogen and oxygen atoms in total. The fourth-order valence-corrected chi connectivity index (χ4v) is 0.848. The molecule has 0 fully saturated rings. The third-order valence-electron chi connectivity index (χ3n) is 0.815. The number of hydroxylamine groups is 1. The van der Waals surface area contributed by atoms with Crippen LogP contribution in [0.15, 0.2) is 0 Å². The number of hydrogen-bond acceptors (Lipinski definition) is 5. The molecule has 0 amide bonds. The maximum Gasteiger partial charge on any atom is 0.342 e. The van der Waals surface area contributed by atoms with Gasteiger partial charge in [0.05, 0.1) is 6.29 Å². The molecule has 0 saturated heterocycles. The van der Waals surface area contributed by atoms with Gasteiger partial charge in [-0.15, -0.1) is 0 Å². The van der Waals surface area contributed by atoms with Crippen molar-refractivity contribution >= 4 is 7.60 Å². The second-order valence-corrected chi connectivity index (χ2v) is 3.55. The first-order chi connectivity index (χ1) is 4.18. The SMILES string of the molecule is COP(=O)(CN[O-])OC. The van der Waals surface area contributed by atoms with Gasteiger partial charge in [-0.05, 0) is 0 Å². The summed E-state index contributed by atoms with van der Waals surface area (Å²) in [6.45, 7) is 0. The van der Waals surface area contributed by atoms with Crippen molar-refractivity contribution in [3.63, 3.8) is 0 Å². The highest BCUT2D eigenvalue weighted by molar-refractivity contribution is 7.53. The van der Waals surface area contributed by atoms with E-state index in [0.29, 0.717) is 0 Å². The van der Waals surface area contributed by atoms with Crippen LogP contribution in [0.4, 0.5) is 0 Å². The monoisotopic (exact) mass is 154 g/mol. The zero-order valence-electron chi connectivity index (χ0n) is 5.29. The molecular formula is C3H9NO4P-. The average Bonchev–Trinajstić information content (AvgIpc) is 1.89. The van der Waals surface area contributed by atoms with Gasteiger partial charge in [0.25, 0.3) is 0 Å². The van der Waals surface area contributed by atoms with Crippen LogP contribution in [0.3, 0.4) is 0 Å². The third kappa shape index (κ3) is 2.93. The van der Waals surface area contributed by atoms with Gasteiger partial charge in [0.2, 0.25) is 0 Å². The van der Waals surface area contributed by atoms with Gasteiger partial charge in [0.1, 0.15) is 0 Å². The molecule has 0 aromatic rings. The number of rotatable bonds is 4. The van der Waals surface area contributed by atoms with E-state index in [9.17, 15) is 9.77 Å². The van der Waals surface area contributed by atoms with Crippen molar-refractivity contribution in [2.24, 2.45) is 0 Å². The van der Waals surface area contributed by atoms with E-state index >= 15 is 0 Å². The summed E-state index contributed by atoms with van der Waals surface area (Å²) in [4.78, 5) is 0. The van der Waals surface area contributed by atoms with Crippen LogP contribution in [0.2, 0.25) is 0 Å². The lowest BCUT2D eigenvalue weighted by molar-refractivity contribution is 0.274. The minimum absolute atomic E-state index is 0.306. The molecular weight excluding hydrogens is 145 g/mol. The first-order valence-corrected chi connectivity index (χ1v) is 3.97. The van der Waals surface area contributed by atoms with Crippen LogP contribution in [0, 0.1) is 5.21 Å². The van der Waals surface area contributed by atoms with Crippen molar-refractivity contribution < 1.29 is 13.6 Å². The van der Waals surface area contributed by atoms with Gasteiger partial charge >= 0.3 is 7.60 Å². The zero-order valence-corrected chi connectivity index (χ0v) is 6.18. The average molecular weight is 154 g/mol. The van der Waals surface area contributed by atoms with Gasteiger partial charge in [-0.3, -0.25) is 4.57 Å². The quantitative estimate of drug-likeness (QED) is 0.472. The largest absolute Gasteiger partial charge is 0.787 e. The van der Waals surface area contributed by atoms with E-state index in [2.05, 4.69) is 9.05 Å². The van der Waals surface area contributed by atoms with Crippen LogP contribution in [0.1, 0.15) is 0 Å². The summed E-state index contributed by atoms with van der Waals surface area (Å²) in [7, 11) is -0.657. The van der Waals surface area contributed by atoms with Gasteiger partial charge in [-0.1, -0.05) is 0 Å². The molecule has 0 aliphatic carbocycles. The molecule has 0 aliphatic rings. The molecule has 0 saturated carbocycles. The van der Waals surface area contributed by atoms with Crippen LogP contribution >= 0.6 is 7.60 Å². The smallest absolute Gasteiger partial charge is 0.342 e. The summed E-state index contributed by atoms with van der Waals surface area (Å²) in [6.07, 6.45) is -0.306. The molecule has 0 aliphatic heterocycles. The minimum Gasteiger partial charge on any atom is -0.787 e. The Balaban J connectivity index is 3.78. The first-order valence-electron chi connectivity index (χ1n) is 2.24. The highest BCUT2D eigenvalue weighted by atomic mass is 31.2. The summed E-state index contributed by atoms with van der Waals surface area (Å²) in [5.74, 6) is 0.